The van der Waals surface area contributed by atoms with Crippen molar-refractivity contribution in [1.29, 1.82) is 0 Å². The van der Waals surface area contributed by atoms with Crippen LogP contribution in [0, 0.1) is 5.82 Å². The number of carbonyl (C=O) groups is 1. The molecule has 1 aliphatic heterocycles. The van der Waals surface area contributed by atoms with Gasteiger partial charge in [0, 0.05) is 30.8 Å². The van der Waals surface area contributed by atoms with E-state index in [2.05, 4.69) is 17.3 Å². The van der Waals surface area contributed by atoms with Crippen LogP contribution in [0.3, 0.4) is 0 Å². The molecule has 1 saturated heterocycles. The van der Waals surface area contributed by atoms with E-state index < -0.39 is 5.82 Å². The number of methoxy groups -OCH3 is 1. The molecule has 0 aliphatic carbocycles. The van der Waals surface area contributed by atoms with E-state index in [1.165, 1.54) is 32.1 Å². The lowest BCUT2D eigenvalue weighted by atomic mass is 10.1. The third kappa shape index (κ3) is 7.25. The fraction of sp³-hybridized carbons (Fsp3) is 0.409. The molecule has 1 aliphatic rings. The highest BCUT2D eigenvalue weighted by atomic mass is 35.5. The van der Waals surface area contributed by atoms with E-state index >= 15 is 0 Å². The molecule has 0 bridgehead atoms. The number of benzene rings is 2. The molecule has 3 rings (SSSR count). The van der Waals surface area contributed by atoms with Crippen LogP contribution in [0.15, 0.2) is 36.4 Å². The highest BCUT2D eigenvalue weighted by Gasteiger charge is 2.20. The van der Waals surface area contributed by atoms with Gasteiger partial charge in [0.05, 0.1) is 7.11 Å². The van der Waals surface area contributed by atoms with Gasteiger partial charge in [0.2, 0.25) is 0 Å². The molecular weight excluding hydrogens is 444 g/mol. The van der Waals surface area contributed by atoms with Crippen molar-refractivity contribution in [2.45, 2.75) is 31.8 Å². The van der Waals surface area contributed by atoms with Gasteiger partial charge in [0.25, 0.3) is 5.91 Å². The minimum Gasteiger partial charge on any atom is -0.493 e. The minimum absolute atomic E-state index is 0. The van der Waals surface area contributed by atoms with Crippen molar-refractivity contribution in [2.75, 3.05) is 27.2 Å². The highest BCUT2D eigenvalue weighted by molar-refractivity contribution is 5.94. The summed E-state index contributed by atoms with van der Waals surface area (Å²) in [4.78, 5) is 14.9. The van der Waals surface area contributed by atoms with E-state index in [-0.39, 0.29) is 37.3 Å². The number of likely N-dealkylation sites (tertiary alicyclic amines) is 1. The lowest BCUT2D eigenvalue weighted by Gasteiger charge is -2.19. The quantitative estimate of drug-likeness (QED) is 0.602. The van der Waals surface area contributed by atoms with Crippen LogP contribution in [0.4, 0.5) is 4.39 Å². The van der Waals surface area contributed by atoms with Gasteiger partial charge in [-0.25, -0.2) is 4.39 Å². The molecule has 0 aromatic heterocycles. The average Bonchev–Trinajstić information content (AvgIpc) is 3.12. The van der Waals surface area contributed by atoms with Crippen molar-refractivity contribution in [3.05, 3.63) is 53.3 Å². The summed E-state index contributed by atoms with van der Waals surface area (Å²) in [6.45, 7) is 1.92. The number of hydrogen-bond donors (Lipinski definition) is 2. The predicted molar refractivity (Wildman–Crippen MR) is 124 cm³/mol. The second-order valence-electron chi connectivity index (χ2n) is 7.29. The van der Waals surface area contributed by atoms with Gasteiger partial charge < -0.3 is 25.4 Å². The summed E-state index contributed by atoms with van der Waals surface area (Å²) in [7, 11) is 3.63. The Balaban J connectivity index is 0.00000240. The zero-order valence-corrected chi connectivity index (χ0v) is 19.4. The van der Waals surface area contributed by atoms with E-state index in [9.17, 15) is 9.18 Å². The molecular formula is C22H30Cl2FN3O3. The minimum atomic E-state index is -0.437. The van der Waals surface area contributed by atoms with Gasteiger partial charge in [0.1, 0.15) is 11.6 Å². The molecule has 31 heavy (non-hydrogen) atoms. The van der Waals surface area contributed by atoms with Crippen LogP contribution in [0.1, 0.15) is 35.2 Å². The predicted octanol–water partition coefficient (Wildman–Crippen LogP) is 4.14. The highest BCUT2D eigenvalue weighted by Crippen LogP contribution is 2.33. The van der Waals surface area contributed by atoms with Crippen LogP contribution < -0.4 is 20.5 Å². The molecule has 0 saturated carbocycles. The van der Waals surface area contributed by atoms with Gasteiger partial charge in [0.15, 0.2) is 11.5 Å². The molecule has 9 heteroatoms. The smallest absolute Gasteiger partial charge is 0.251 e. The summed E-state index contributed by atoms with van der Waals surface area (Å²) in [6, 6.07) is 9.75. The summed E-state index contributed by atoms with van der Waals surface area (Å²) < 4.78 is 24.9. The SMILES string of the molecule is COc1ccc(C(=O)NCCC2CCCN2C)cc1Oc1cc(F)cc(CN)c1.Cl.Cl. The van der Waals surface area contributed by atoms with Crippen LogP contribution >= 0.6 is 24.8 Å². The number of rotatable bonds is 8. The number of nitrogens with zero attached hydrogens (tertiary/aromatic N) is 1. The number of nitrogens with two attached hydrogens (primary N) is 1. The van der Waals surface area contributed by atoms with Gasteiger partial charge in [-0.05, 0) is 68.8 Å². The van der Waals surface area contributed by atoms with Crippen molar-refractivity contribution in [1.82, 2.24) is 10.2 Å². The topological polar surface area (TPSA) is 76.8 Å². The maximum absolute atomic E-state index is 13.8. The Hall–Kier alpha value is -2.06. The molecule has 0 spiro atoms. The first-order valence-corrected chi connectivity index (χ1v) is 9.84. The van der Waals surface area contributed by atoms with E-state index in [1.54, 1.807) is 24.3 Å². The summed E-state index contributed by atoms with van der Waals surface area (Å²) >= 11 is 0. The molecule has 1 unspecified atom stereocenters. The Labute approximate surface area is 195 Å². The lowest BCUT2D eigenvalue weighted by molar-refractivity contribution is 0.0950. The molecule has 1 heterocycles. The van der Waals surface area contributed by atoms with Gasteiger partial charge in [-0.3, -0.25) is 4.79 Å². The Morgan fingerprint density at radius 2 is 2.00 bits per heavy atom. The average molecular weight is 474 g/mol. The first-order chi connectivity index (χ1) is 14.0. The maximum Gasteiger partial charge on any atom is 0.251 e. The largest absolute Gasteiger partial charge is 0.493 e. The Morgan fingerprint density at radius 3 is 2.65 bits per heavy atom. The molecule has 6 nitrogen and oxygen atoms in total. The summed E-state index contributed by atoms with van der Waals surface area (Å²) in [5, 5.41) is 2.96. The van der Waals surface area contributed by atoms with Crippen molar-refractivity contribution in [2.24, 2.45) is 5.73 Å². The Kier molecular flexibility index (Phi) is 11.1. The van der Waals surface area contributed by atoms with Crippen LogP contribution in [0.25, 0.3) is 0 Å². The zero-order valence-electron chi connectivity index (χ0n) is 17.7. The van der Waals surface area contributed by atoms with Gasteiger partial charge >= 0.3 is 0 Å². The van der Waals surface area contributed by atoms with Crippen molar-refractivity contribution < 1.29 is 18.7 Å². The first kappa shape index (κ1) is 27.0. The van der Waals surface area contributed by atoms with Crippen molar-refractivity contribution in [3.63, 3.8) is 0 Å². The zero-order chi connectivity index (χ0) is 20.8. The van der Waals surface area contributed by atoms with Gasteiger partial charge in [-0.15, -0.1) is 24.8 Å². The summed E-state index contributed by atoms with van der Waals surface area (Å²) in [5.41, 5.74) is 6.67. The number of ether oxygens (including phenoxy) is 2. The number of nitrogens with one attached hydrogen (secondary N) is 1. The second kappa shape index (κ2) is 12.7. The monoisotopic (exact) mass is 473 g/mol. The molecule has 3 N–H and O–H groups in total. The summed E-state index contributed by atoms with van der Waals surface area (Å²) in [6.07, 6.45) is 3.30. The molecule has 0 radical (unpaired) electrons. The van der Waals surface area contributed by atoms with E-state index in [4.69, 9.17) is 15.2 Å². The first-order valence-electron chi connectivity index (χ1n) is 9.84. The third-order valence-corrected chi connectivity index (χ3v) is 5.26. The fourth-order valence-corrected chi connectivity index (χ4v) is 3.62. The van der Waals surface area contributed by atoms with Crippen LogP contribution in [0.5, 0.6) is 17.2 Å². The normalized spacial score (nSPS) is 15.5. The van der Waals surface area contributed by atoms with Crippen LogP contribution in [-0.4, -0.2) is 44.1 Å². The number of hydrogen-bond acceptors (Lipinski definition) is 5. The Morgan fingerprint density at radius 1 is 1.23 bits per heavy atom. The fourth-order valence-electron chi connectivity index (χ4n) is 3.62. The van der Waals surface area contributed by atoms with Crippen LogP contribution in [-0.2, 0) is 6.54 Å². The standard InChI is InChI=1S/C22H28FN3O3.2ClH/c1-26-9-3-4-18(26)7-8-25-22(27)16-5-6-20(28-2)21(12-16)29-19-11-15(14-24)10-17(23)13-19;;/h5-6,10-13,18H,3-4,7-9,14,24H2,1-2H3,(H,25,27);2*1H. The Bertz CT molecular complexity index is 870. The third-order valence-electron chi connectivity index (χ3n) is 5.26. The molecule has 2 aromatic carbocycles. The van der Waals surface area contributed by atoms with Crippen molar-refractivity contribution in [3.8, 4) is 17.2 Å². The molecule has 1 amide bonds. The number of amides is 1. The van der Waals surface area contributed by atoms with Gasteiger partial charge in [-0.1, -0.05) is 0 Å². The van der Waals surface area contributed by atoms with E-state index in [1.807, 2.05) is 0 Å². The van der Waals surface area contributed by atoms with Crippen molar-refractivity contribution >= 4 is 30.7 Å². The molecule has 172 valence electrons. The van der Waals surface area contributed by atoms with Gasteiger partial charge in [-0.2, -0.15) is 0 Å². The maximum atomic E-state index is 13.8. The van der Waals surface area contributed by atoms with E-state index in [0.29, 0.717) is 41.0 Å². The van der Waals surface area contributed by atoms with E-state index in [0.717, 1.165) is 13.0 Å². The molecule has 2 aromatic rings. The second-order valence-corrected chi connectivity index (χ2v) is 7.29. The van der Waals surface area contributed by atoms with Crippen LogP contribution in [0.2, 0.25) is 0 Å². The number of carbonyl (C=O) groups excluding carboxylic acids is 1. The summed E-state index contributed by atoms with van der Waals surface area (Å²) in [5.74, 6) is 0.468. The molecule has 1 atom stereocenters. The lowest BCUT2D eigenvalue weighted by Crippen LogP contribution is -2.31. The number of halogens is 3. The molecule has 1 fully saturated rings.